The first-order valence-corrected chi connectivity index (χ1v) is 5.84. The fourth-order valence-electron chi connectivity index (χ4n) is 1.96. The third kappa shape index (κ3) is 3.62. The highest BCUT2D eigenvalue weighted by molar-refractivity contribution is 5.81. The smallest absolute Gasteiger partial charge is 0.411 e. The summed E-state index contributed by atoms with van der Waals surface area (Å²) < 4.78 is 5.17. The van der Waals surface area contributed by atoms with Gasteiger partial charge >= 0.3 is 12.1 Å². The van der Waals surface area contributed by atoms with Gasteiger partial charge in [-0.2, -0.15) is 5.26 Å². The van der Waals surface area contributed by atoms with E-state index in [4.69, 9.17) is 15.1 Å². The standard InChI is InChI=1S/C12H18N2O4/c1-12(2,3)18-11(17)14-7-8(4-5-13)6-9(14)10(15)16/h8-9H,4,6-7H2,1-3H3,(H,15,16)/t8-,9-/m0/s1. The van der Waals surface area contributed by atoms with E-state index in [1.807, 2.05) is 6.07 Å². The third-order valence-corrected chi connectivity index (χ3v) is 2.68. The Hall–Kier alpha value is -1.77. The number of likely N-dealkylation sites (tertiary alicyclic amines) is 1. The molecule has 0 aliphatic carbocycles. The molecule has 0 bridgehead atoms. The molecule has 0 radical (unpaired) electrons. The van der Waals surface area contributed by atoms with E-state index in [1.54, 1.807) is 20.8 Å². The summed E-state index contributed by atoms with van der Waals surface area (Å²) in [4.78, 5) is 24.2. The van der Waals surface area contributed by atoms with Crippen molar-refractivity contribution in [3.8, 4) is 6.07 Å². The maximum Gasteiger partial charge on any atom is 0.411 e. The maximum absolute atomic E-state index is 11.9. The first-order valence-electron chi connectivity index (χ1n) is 5.84. The lowest BCUT2D eigenvalue weighted by molar-refractivity contribution is -0.142. The Labute approximate surface area is 106 Å². The molecule has 0 saturated carbocycles. The van der Waals surface area contributed by atoms with Gasteiger partial charge in [0.15, 0.2) is 0 Å². The number of ether oxygens (including phenoxy) is 1. The van der Waals surface area contributed by atoms with Crippen molar-refractivity contribution in [1.82, 2.24) is 4.90 Å². The van der Waals surface area contributed by atoms with Crippen LogP contribution in [0.4, 0.5) is 4.79 Å². The van der Waals surface area contributed by atoms with Gasteiger partial charge in [0.1, 0.15) is 11.6 Å². The van der Waals surface area contributed by atoms with Gasteiger partial charge in [-0.05, 0) is 33.1 Å². The molecule has 1 aliphatic rings. The van der Waals surface area contributed by atoms with Gasteiger partial charge in [0.2, 0.25) is 0 Å². The number of nitrogens with zero attached hydrogens (tertiary/aromatic N) is 2. The summed E-state index contributed by atoms with van der Waals surface area (Å²) in [5.74, 6) is -1.15. The Morgan fingerprint density at radius 3 is 2.56 bits per heavy atom. The quantitative estimate of drug-likeness (QED) is 0.808. The highest BCUT2D eigenvalue weighted by Crippen LogP contribution is 2.27. The van der Waals surface area contributed by atoms with Crippen molar-refractivity contribution in [3.63, 3.8) is 0 Å². The molecule has 1 fully saturated rings. The Morgan fingerprint density at radius 2 is 2.11 bits per heavy atom. The Bertz CT molecular complexity index is 381. The van der Waals surface area contributed by atoms with Crippen LogP contribution in [0, 0.1) is 17.2 Å². The predicted molar refractivity (Wildman–Crippen MR) is 62.7 cm³/mol. The molecule has 0 aromatic heterocycles. The summed E-state index contributed by atoms with van der Waals surface area (Å²) in [5.41, 5.74) is -0.659. The van der Waals surface area contributed by atoms with Crippen LogP contribution < -0.4 is 0 Å². The van der Waals surface area contributed by atoms with Crippen LogP contribution in [0.5, 0.6) is 0 Å². The molecule has 0 unspecified atom stereocenters. The second kappa shape index (κ2) is 5.25. The number of carboxylic acid groups (broad SMARTS) is 1. The van der Waals surface area contributed by atoms with E-state index in [9.17, 15) is 9.59 Å². The van der Waals surface area contributed by atoms with Gasteiger partial charge in [-0.1, -0.05) is 0 Å². The zero-order valence-electron chi connectivity index (χ0n) is 10.8. The largest absolute Gasteiger partial charge is 0.480 e. The number of aliphatic carboxylic acids is 1. The normalized spacial score (nSPS) is 23.6. The number of rotatable bonds is 2. The fraction of sp³-hybridized carbons (Fsp3) is 0.750. The van der Waals surface area contributed by atoms with Gasteiger partial charge in [-0.25, -0.2) is 9.59 Å². The summed E-state index contributed by atoms with van der Waals surface area (Å²) >= 11 is 0. The molecule has 100 valence electrons. The number of hydrogen-bond donors (Lipinski definition) is 1. The van der Waals surface area contributed by atoms with Crippen molar-refractivity contribution in [2.75, 3.05) is 6.54 Å². The molecule has 1 N–H and O–H groups in total. The lowest BCUT2D eigenvalue weighted by Gasteiger charge is -2.26. The number of carboxylic acids is 1. The van der Waals surface area contributed by atoms with E-state index in [0.717, 1.165) is 0 Å². The second-order valence-corrected chi connectivity index (χ2v) is 5.45. The molecule has 1 amide bonds. The van der Waals surface area contributed by atoms with Crippen LogP contribution in [-0.2, 0) is 9.53 Å². The van der Waals surface area contributed by atoms with Crippen molar-refractivity contribution < 1.29 is 19.4 Å². The highest BCUT2D eigenvalue weighted by atomic mass is 16.6. The molecular weight excluding hydrogens is 236 g/mol. The average Bonchev–Trinajstić information content (AvgIpc) is 2.59. The minimum Gasteiger partial charge on any atom is -0.480 e. The Morgan fingerprint density at radius 1 is 1.50 bits per heavy atom. The molecule has 0 aromatic rings. The first-order chi connectivity index (χ1) is 8.24. The monoisotopic (exact) mass is 254 g/mol. The lowest BCUT2D eigenvalue weighted by atomic mass is 10.0. The predicted octanol–water partition coefficient (Wildman–Crippen LogP) is 1.61. The molecular formula is C12H18N2O4. The minimum absolute atomic E-state index is 0.0939. The summed E-state index contributed by atoms with van der Waals surface area (Å²) in [6.45, 7) is 5.44. The number of nitriles is 1. The van der Waals surface area contributed by atoms with Crippen LogP contribution in [0.1, 0.15) is 33.6 Å². The van der Waals surface area contributed by atoms with Crippen molar-refractivity contribution in [2.45, 2.75) is 45.3 Å². The zero-order chi connectivity index (χ0) is 13.9. The van der Waals surface area contributed by atoms with E-state index in [2.05, 4.69) is 0 Å². The van der Waals surface area contributed by atoms with Gasteiger partial charge in [-0.3, -0.25) is 4.90 Å². The van der Waals surface area contributed by atoms with E-state index >= 15 is 0 Å². The number of amides is 1. The minimum atomic E-state index is -1.05. The maximum atomic E-state index is 11.9. The van der Waals surface area contributed by atoms with Crippen LogP contribution in [0.15, 0.2) is 0 Å². The van der Waals surface area contributed by atoms with E-state index in [-0.39, 0.29) is 18.9 Å². The van der Waals surface area contributed by atoms with Crippen molar-refractivity contribution >= 4 is 12.1 Å². The third-order valence-electron chi connectivity index (χ3n) is 2.68. The van der Waals surface area contributed by atoms with Gasteiger partial charge in [0.05, 0.1) is 6.07 Å². The topological polar surface area (TPSA) is 90.6 Å². The molecule has 1 rings (SSSR count). The molecule has 2 atom stereocenters. The van der Waals surface area contributed by atoms with Gasteiger partial charge in [0.25, 0.3) is 0 Å². The molecule has 1 aliphatic heterocycles. The summed E-state index contributed by atoms with van der Waals surface area (Å²) in [7, 11) is 0. The summed E-state index contributed by atoms with van der Waals surface area (Å²) in [6, 6.07) is 1.11. The SMILES string of the molecule is CC(C)(C)OC(=O)N1C[C@@H](CC#N)C[C@H]1C(=O)O. The van der Waals surface area contributed by atoms with Crippen LogP contribution >= 0.6 is 0 Å². The lowest BCUT2D eigenvalue weighted by Crippen LogP contribution is -2.43. The van der Waals surface area contributed by atoms with Gasteiger partial charge in [0, 0.05) is 13.0 Å². The molecule has 0 spiro atoms. The van der Waals surface area contributed by atoms with Crippen molar-refractivity contribution in [2.24, 2.45) is 5.92 Å². The van der Waals surface area contributed by atoms with Crippen molar-refractivity contribution in [1.29, 1.82) is 5.26 Å². The number of hydrogen-bond acceptors (Lipinski definition) is 4. The molecule has 1 saturated heterocycles. The fourth-order valence-corrected chi connectivity index (χ4v) is 1.96. The van der Waals surface area contributed by atoms with Gasteiger partial charge in [-0.15, -0.1) is 0 Å². The van der Waals surface area contributed by atoms with Crippen LogP contribution in [0.25, 0.3) is 0 Å². The first kappa shape index (κ1) is 14.3. The number of carbonyl (C=O) groups excluding carboxylic acids is 1. The van der Waals surface area contributed by atoms with E-state index < -0.39 is 23.7 Å². The van der Waals surface area contributed by atoms with Crippen molar-refractivity contribution in [3.05, 3.63) is 0 Å². The summed E-state index contributed by atoms with van der Waals surface area (Å²) in [5, 5.41) is 17.7. The molecule has 0 aromatic carbocycles. The second-order valence-electron chi connectivity index (χ2n) is 5.45. The zero-order valence-corrected chi connectivity index (χ0v) is 10.8. The molecule has 6 heteroatoms. The summed E-state index contributed by atoms with van der Waals surface area (Å²) in [6.07, 6.45) is -0.0686. The van der Waals surface area contributed by atoms with Gasteiger partial charge < -0.3 is 9.84 Å². The molecule has 18 heavy (non-hydrogen) atoms. The van der Waals surface area contributed by atoms with Crippen LogP contribution in [-0.4, -0.2) is 40.3 Å². The van der Waals surface area contributed by atoms with E-state index in [1.165, 1.54) is 4.90 Å². The average molecular weight is 254 g/mol. The Balaban J connectivity index is 2.76. The molecule has 6 nitrogen and oxygen atoms in total. The van der Waals surface area contributed by atoms with Crippen LogP contribution in [0.2, 0.25) is 0 Å². The Kier molecular flexibility index (Phi) is 4.17. The van der Waals surface area contributed by atoms with Crippen LogP contribution in [0.3, 0.4) is 0 Å². The van der Waals surface area contributed by atoms with E-state index in [0.29, 0.717) is 6.42 Å². The molecule has 1 heterocycles. The number of carbonyl (C=O) groups is 2. The highest BCUT2D eigenvalue weighted by Gasteiger charge is 2.41.